The molecule has 8 heteroatoms. The van der Waals surface area contributed by atoms with Crippen LogP contribution in [0, 0.1) is 20.8 Å². The van der Waals surface area contributed by atoms with Gasteiger partial charge in [0, 0.05) is 0 Å². The molecule has 3 aromatic rings. The minimum Gasteiger partial charge on any atom is -0.494 e. The van der Waals surface area contributed by atoms with Crippen molar-refractivity contribution in [3.63, 3.8) is 0 Å². The summed E-state index contributed by atoms with van der Waals surface area (Å²) in [6.07, 6.45) is 0. The van der Waals surface area contributed by atoms with Crippen LogP contribution in [0.3, 0.4) is 0 Å². The number of hydrogen-bond acceptors (Lipinski definition) is 5. The summed E-state index contributed by atoms with van der Waals surface area (Å²) in [5.41, 5.74) is 6.92. The highest BCUT2D eigenvalue weighted by molar-refractivity contribution is 7.92. The third kappa shape index (κ3) is 6.48. The van der Waals surface area contributed by atoms with Crippen molar-refractivity contribution in [2.75, 3.05) is 17.5 Å². The van der Waals surface area contributed by atoms with Gasteiger partial charge in [-0.15, -0.1) is 0 Å². The summed E-state index contributed by atoms with van der Waals surface area (Å²) in [6, 6.07) is 19.4. The van der Waals surface area contributed by atoms with Gasteiger partial charge in [-0.25, -0.2) is 13.8 Å². The van der Waals surface area contributed by atoms with Crippen molar-refractivity contribution < 1.29 is 17.9 Å². The smallest absolute Gasteiger partial charge is 0.264 e. The fourth-order valence-corrected chi connectivity index (χ4v) is 4.94. The average Bonchev–Trinajstić information content (AvgIpc) is 2.83. The van der Waals surface area contributed by atoms with Gasteiger partial charge in [0.15, 0.2) is 0 Å². The standard InChI is InChI=1S/C27H31N3O4S/c1-6-34-24-13-11-23(12-14-24)22(5)28-29-27(31)18-30(26-17-20(3)7-10-21(26)4)35(32,33)25-15-8-19(2)9-16-25/h7-17H,6,18H2,1-5H3,(H,29,31)/b28-22-. The molecule has 3 rings (SSSR count). The molecule has 0 aliphatic carbocycles. The number of hydrogen-bond donors (Lipinski definition) is 1. The summed E-state index contributed by atoms with van der Waals surface area (Å²) < 4.78 is 33.8. The monoisotopic (exact) mass is 493 g/mol. The highest BCUT2D eigenvalue weighted by atomic mass is 32.2. The number of benzene rings is 3. The van der Waals surface area contributed by atoms with Crippen molar-refractivity contribution in [1.29, 1.82) is 0 Å². The number of anilines is 1. The molecule has 0 unspecified atom stereocenters. The summed E-state index contributed by atoms with van der Waals surface area (Å²) >= 11 is 0. The molecule has 0 bridgehead atoms. The Bertz CT molecular complexity index is 1320. The largest absolute Gasteiger partial charge is 0.494 e. The van der Waals surface area contributed by atoms with Crippen molar-refractivity contribution in [2.24, 2.45) is 5.10 Å². The van der Waals surface area contributed by atoms with Gasteiger partial charge < -0.3 is 4.74 Å². The van der Waals surface area contributed by atoms with Crippen LogP contribution in [0.2, 0.25) is 0 Å². The van der Waals surface area contributed by atoms with E-state index in [9.17, 15) is 13.2 Å². The van der Waals surface area contributed by atoms with Gasteiger partial charge in [-0.2, -0.15) is 5.10 Å². The van der Waals surface area contributed by atoms with E-state index in [1.807, 2.05) is 64.1 Å². The first-order valence-electron chi connectivity index (χ1n) is 11.3. The van der Waals surface area contributed by atoms with Crippen LogP contribution in [0.15, 0.2) is 76.7 Å². The molecule has 1 amide bonds. The van der Waals surface area contributed by atoms with E-state index in [2.05, 4.69) is 10.5 Å². The van der Waals surface area contributed by atoms with Gasteiger partial charge >= 0.3 is 0 Å². The molecule has 0 radical (unpaired) electrons. The quantitative estimate of drug-likeness (QED) is 0.344. The SMILES string of the molecule is CCOc1ccc(/C(C)=N\NC(=O)CN(c2cc(C)ccc2C)S(=O)(=O)c2ccc(C)cc2)cc1. The molecule has 0 aliphatic heterocycles. The molecule has 0 atom stereocenters. The number of nitrogens with zero attached hydrogens (tertiary/aromatic N) is 2. The Hall–Kier alpha value is -3.65. The van der Waals surface area contributed by atoms with Crippen molar-refractivity contribution in [1.82, 2.24) is 5.43 Å². The fraction of sp³-hybridized carbons (Fsp3) is 0.259. The van der Waals surface area contributed by atoms with Gasteiger partial charge in [0.25, 0.3) is 15.9 Å². The number of rotatable bonds is 9. The Morgan fingerprint density at radius 1 is 0.943 bits per heavy atom. The van der Waals surface area contributed by atoms with E-state index >= 15 is 0 Å². The highest BCUT2D eigenvalue weighted by Crippen LogP contribution is 2.28. The maximum Gasteiger partial charge on any atom is 0.264 e. The van der Waals surface area contributed by atoms with E-state index in [0.29, 0.717) is 18.0 Å². The lowest BCUT2D eigenvalue weighted by atomic mass is 10.1. The predicted octanol–water partition coefficient (Wildman–Crippen LogP) is 4.75. The third-order valence-electron chi connectivity index (χ3n) is 5.46. The van der Waals surface area contributed by atoms with Crippen LogP contribution in [-0.2, 0) is 14.8 Å². The maximum atomic E-state index is 13.6. The molecule has 1 N–H and O–H groups in total. The Labute approximate surface area is 207 Å². The molecule has 0 saturated heterocycles. The molecule has 0 aliphatic rings. The second-order valence-corrected chi connectivity index (χ2v) is 10.2. The summed E-state index contributed by atoms with van der Waals surface area (Å²) in [7, 11) is -4.00. The molecule has 0 fully saturated rings. The molecular formula is C27H31N3O4S. The maximum absolute atomic E-state index is 13.6. The van der Waals surface area contributed by atoms with E-state index in [0.717, 1.165) is 32.3 Å². The van der Waals surface area contributed by atoms with Crippen molar-refractivity contribution in [3.8, 4) is 5.75 Å². The summed E-state index contributed by atoms with van der Waals surface area (Å²) in [6.45, 7) is 9.42. The number of nitrogens with one attached hydrogen (secondary N) is 1. The van der Waals surface area contributed by atoms with E-state index in [-0.39, 0.29) is 4.90 Å². The third-order valence-corrected chi connectivity index (χ3v) is 7.23. The summed E-state index contributed by atoms with van der Waals surface area (Å²) in [5, 5.41) is 4.18. The minimum absolute atomic E-state index is 0.117. The van der Waals surface area contributed by atoms with Crippen LogP contribution < -0.4 is 14.5 Å². The van der Waals surface area contributed by atoms with Gasteiger partial charge in [-0.1, -0.05) is 29.8 Å². The molecule has 3 aromatic carbocycles. The lowest BCUT2D eigenvalue weighted by molar-refractivity contribution is -0.119. The molecule has 7 nitrogen and oxygen atoms in total. The highest BCUT2D eigenvalue weighted by Gasteiger charge is 2.28. The van der Waals surface area contributed by atoms with Crippen LogP contribution >= 0.6 is 0 Å². The van der Waals surface area contributed by atoms with Crippen LogP contribution in [0.5, 0.6) is 5.75 Å². The molecule has 35 heavy (non-hydrogen) atoms. The van der Waals surface area contributed by atoms with Gasteiger partial charge in [0.05, 0.1) is 22.9 Å². The first kappa shape index (κ1) is 26.0. The van der Waals surface area contributed by atoms with E-state index < -0.39 is 22.5 Å². The van der Waals surface area contributed by atoms with Crippen LogP contribution in [-0.4, -0.2) is 33.2 Å². The van der Waals surface area contributed by atoms with E-state index in [4.69, 9.17) is 4.74 Å². The van der Waals surface area contributed by atoms with Gasteiger partial charge in [0.2, 0.25) is 0 Å². The summed E-state index contributed by atoms with van der Waals surface area (Å²) in [5.74, 6) is 0.199. The topological polar surface area (TPSA) is 88.1 Å². The number of hydrazone groups is 1. The second kappa shape index (κ2) is 11.2. The van der Waals surface area contributed by atoms with Crippen molar-refractivity contribution in [3.05, 3.63) is 89.0 Å². The van der Waals surface area contributed by atoms with Crippen LogP contribution in [0.25, 0.3) is 0 Å². The molecular weight excluding hydrogens is 462 g/mol. The van der Waals surface area contributed by atoms with Gasteiger partial charge in [-0.05, 0) is 93.8 Å². The molecule has 0 saturated carbocycles. The van der Waals surface area contributed by atoms with Crippen molar-refractivity contribution >= 4 is 27.3 Å². The number of sulfonamides is 1. The Balaban J connectivity index is 1.87. The average molecular weight is 494 g/mol. The first-order valence-corrected chi connectivity index (χ1v) is 12.8. The zero-order valence-corrected chi connectivity index (χ0v) is 21.5. The number of ether oxygens (including phenoxy) is 1. The van der Waals surface area contributed by atoms with Gasteiger partial charge in [-0.3, -0.25) is 9.10 Å². The van der Waals surface area contributed by atoms with Crippen LogP contribution in [0.1, 0.15) is 36.1 Å². The Morgan fingerprint density at radius 2 is 1.57 bits per heavy atom. The fourth-order valence-electron chi connectivity index (χ4n) is 3.46. The molecule has 0 heterocycles. The summed E-state index contributed by atoms with van der Waals surface area (Å²) in [4.78, 5) is 13.0. The lowest BCUT2D eigenvalue weighted by Crippen LogP contribution is -2.40. The number of aryl methyl sites for hydroxylation is 3. The van der Waals surface area contributed by atoms with Gasteiger partial charge in [0.1, 0.15) is 12.3 Å². The molecule has 0 spiro atoms. The second-order valence-electron chi connectivity index (χ2n) is 8.30. The first-order chi connectivity index (χ1) is 16.6. The minimum atomic E-state index is -4.00. The zero-order valence-electron chi connectivity index (χ0n) is 20.7. The number of carbonyl (C=O) groups is 1. The van der Waals surface area contributed by atoms with E-state index in [1.165, 1.54) is 0 Å². The normalized spacial score (nSPS) is 11.7. The Morgan fingerprint density at radius 3 is 2.20 bits per heavy atom. The van der Waals surface area contributed by atoms with Crippen LogP contribution in [0.4, 0.5) is 5.69 Å². The number of amides is 1. The molecule has 184 valence electrons. The van der Waals surface area contributed by atoms with Crippen molar-refractivity contribution in [2.45, 2.75) is 39.5 Å². The van der Waals surface area contributed by atoms with E-state index in [1.54, 1.807) is 37.3 Å². The lowest BCUT2D eigenvalue weighted by Gasteiger charge is -2.25. The Kier molecular flexibility index (Phi) is 8.30. The predicted molar refractivity (Wildman–Crippen MR) is 140 cm³/mol. The zero-order chi connectivity index (χ0) is 25.6. The molecule has 0 aromatic heterocycles. The number of carbonyl (C=O) groups excluding carboxylic acids is 1.